The molecule has 0 aromatic heterocycles. The van der Waals surface area contributed by atoms with Crippen molar-refractivity contribution in [1.29, 1.82) is 0 Å². The number of benzene rings is 2. The summed E-state index contributed by atoms with van der Waals surface area (Å²) in [6, 6.07) is 14.7. The van der Waals surface area contributed by atoms with Crippen molar-refractivity contribution in [3.05, 3.63) is 71.3 Å². The third-order valence-corrected chi connectivity index (χ3v) is 3.94. The molecule has 0 saturated heterocycles. The Morgan fingerprint density at radius 3 is 2.70 bits per heavy atom. The number of amides is 1. The largest absolute Gasteiger partial charge is 0.375 e. The van der Waals surface area contributed by atoms with Gasteiger partial charge in [0.1, 0.15) is 0 Å². The first-order chi connectivity index (χ1) is 11.0. The summed E-state index contributed by atoms with van der Waals surface area (Å²) in [5, 5.41) is 13.4. The van der Waals surface area contributed by atoms with Crippen molar-refractivity contribution in [2.24, 2.45) is 0 Å². The number of fused-ring (bicyclic) bond motifs is 1. The van der Waals surface area contributed by atoms with Crippen molar-refractivity contribution >= 4 is 23.5 Å². The van der Waals surface area contributed by atoms with Crippen LogP contribution in [-0.4, -0.2) is 16.8 Å². The number of aliphatic hydroxyl groups is 1. The minimum absolute atomic E-state index is 0.279. The Labute approximate surface area is 134 Å². The summed E-state index contributed by atoms with van der Waals surface area (Å²) in [6.07, 6.45) is 2.79. The van der Waals surface area contributed by atoms with Crippen LogP contribution in [0.5, 0.6) is 0 Å². The van der Waals surface area contributed by atoms with Gasteiger partial charge in [0.25, 0.3) is 5.91 Å². The highest BCUT2D eigenvalue weighted by Crippen LogP contribution is 2.39. The summed E-state index contributed by atoms with van der Waals surface area (Å²) in [7, 11) is 0. The van der Waals surface area contributed by atoms with Gasteiger partial charge in [0, 0.05) is 11.3 Å². The lowest BCUT2D eigenvalue weighted by Crippen LogP contribution is -2.36. The van der Waals surface area contributed by atoms with Crippen LogP contribution in [0.2, 0.25) is 0 Å². The number of carbonyl (C=O) groups excluding carboxylic acids is 2. The highest BCUT2D eigenvalue weighted by molar-refractivity contribution is 6.08. The number of ketones is 1. The fraction of sp³-hybridized carbons (Fsp3) is 0.158. The van der Waals surface area contributed by atoms with Crippen LogP contribution in [0.15, 0.2) is 54.6 Å². The van der Waals surface area contributed by atoms with Crippen molar-refractivity contribution in [3.63, 3.8) is 0 Å². The van der Waals surface area contributed by atoms with E-state index in [2.05, 4.69) is 5.32 Å². The van der Waals surface area contributed by atoms with Crippen LogP contribution in [0.25, 0.3) is 6.08 Å². The number of hydrogen-bond acceptors (Lipinski definition) is 3. The number of hydrogen-bond donors (Lipinski definition) is 2. The predicted molar refractivity (Wildman–Crippen MR) is 88.8 cm³/mol. The molecular formula is C19H17NO3. The lowest BCUT2D eigenvalue weighted by Gasteiger charge is -2.19. The molecule has 2 aromatic rings. The van der Waals surface area contributed by atoms with Gasteiger partial charge in [0.15, 0.2) is 11.4 Å². The average Bonchev–Trinajstić information content (AvgIpc) is 2.78. The molecule has 2 N–H and O–H groups in total. The molecule has 1 amide bonds. The van der Waals surface area contributed by atoms with Crippen LogP contribution < -0.4 is 5.32 Å². The van der Waals surface area contributed by atoms with Crippen LogP contribution in [-0.2, 0) is 15.2 Å². The summed E-state index contributed by atoms with van der Waals surface area (Å²) in [6.45, 7) is 1.88. The molecule has 1 aliphatic heterocycles. The third kappa shape index (κ3) is 2.94. The zero-order chi connectivity index (χ0) is 16.4. The van der Waals surface area contributed by atoms with Crippen LogP contribution in [0.4, 0.5) is 5.69 Å². The molecule has 4 nitrogen and oxygen atoms in total. The molecule has 116 valence electrons. The van der Waals surface area contributed by atoms with Gasteiger partial charge in [-0.05, 0) is 24.6 Å². The van der Waals surface area contributed by atoms with E-state index in [1.807, 2.05) is 43.3 Å². The summed E-state index contributed by atoms with van der Waals surface area (Å²) >= 11 is 0. The van der Waals surface area contributed by atoms with Gasteiger partial charge in [-0.2, -0.15) is 0 Å². The molecule has 1 atom stereocenters. The first-order valence-electron chi connectivity index (χ1n) is 7.40. The molecule has 23 heavy (non-hydrogen) atoms. The number of aryl methyl sites for hydroxylation is 1. The number of allylic oxidation sites excluding steroid dienone is 1. The van der Waals surface area contributed by atoms with Gasteiger partial charge in [0.05, 0.1) is 6.42 Å². The first kappa shape index (κ1) is 15.2. The molecule has 4 heteroatoms. The Hall–Kier alpha value is -2.72. The second-order valence-electron chi connectivity index (χ2n) is 5.75. The Bertz CT molecular complexity index is 796. The Morgan fingerprint density at radius 1 is 1.22 bits per heavy atom. The maximum Gasteiger partial charge on any atom is 0.261 e. The van der Waals surface area contributed by atoms with Crippen molar-refractivity contribution < 1.29 is 14.7 Å². The summed E-state index contributed by atoms with van der Waals surface area (Å²) in [4.78, 5) is 24.3. The zero-order valence-corrected chi connectivity index (χ0v) is 12.7. The fourth-order valence-corrected chi connectivity index (χ4v) is 2.70. The quantitative estimate of drug-likeness (QED) is 0.854. The minimum Gasteiger partial charge on any atom is -0.375 e. The number of anilines is 1. The van der Waals surface area contributed by atoms with Crippen molar-refractivity contribution in [3.8, 4) is 0 Å². The van der Waals surface area contributed by atoms with E-state index in [1.54, 1.807) is 18.2 Å². The molecule has 1 aliphatic rings. The van der Waals surface area contributed by atoms with Gasteiger partial charge in [-0.1, -0.05) is 54.1 Å². The summed E-state index contributed by atoms with van der Waals surface area (Å²) in [5.41, 5.74) is 1.03. The third-order valence-electron chi connectivity index (χ3n) is 3.94. The monoisotopic (exact) mass is 307 g/mol. The average molecular weight is 307 g/mol. The van der Waals surface area contributed by atoms with Gasteiger partial charge in [-0.25, -0.2) is 0 Å². The maximum atomic E-state index is 12.2. The van der Waals surface area contributed by atoms with E-state index in [-0.39, 0.29) is 12.2 Å². The van der Waals surface area contributed by atoms with Gasteiger partial charge < -0.3 is 10.4 Å². The van der Waals surface area contributed by atoms with Gasteiger partial charge in [-0.3, -0.25) is 9.59 Å². The van der Waals surface area contributed by atoms with Crippen LogP contribution in [0.1, 0.15) is 23.1 Å². The fourth-order valence-electron chi connectivity index (χ4n) is 2.70. The molecule has 0 unspecified atom stereocenters. The molecule has 3 rings (SSSR count). The number of carbonyl (C=O) groups is 2. The number of nitrogens with one attached hydrogen (secondary N) is 1. The highest BCUT2D eigenvalue weighted by Gasteiger charge is 2.46. The molecule has 0 saturated carbocycles. The zero-order valence-electron chi connectivity index (χ0n) is 12.7. The Balaban J connectivity index is 1.82. The topological polar surface area (TPSA) is 66.4 Å². The van der Waals surface area contributed by atoms with Crippen molar-refractivity contribution in [1.82, 2.24) is 0 Å². The summed E-state index contributed by atoms with van der Waals surface area (Å²) < 4.78 is 0. The standard InChI is InChI=1S/C19H17NO3/c1-13-7-10-17-16(11-13)19(23,18(22)20-17)12-15(21)9-8-14-5-3-2-4-6-14/h2-11,23H,12H2,1H3,(H,20,22)/b9-8-/t19-/m0/s1. The smallest absolute Gasteiger partial charge is 0.261 e. The second-order valence-corrected chi connectivity index (χ2v) is 5.75. The molecule has 1 heterocycles. The maximum absolute atomic E-state index is 12.2. The molecule has 0 fully saturated rings. The number of rotatable bonds is 4. The molecule has 0 spiro atoms. The van der Waals surface area contributed by atoms with Gasteiger partial charge >= 0.3 is 0 Å². The van der Waals surface area contributed by atoms with Gasteiger partial charge in [0.2, 0.25) is 0 Å². The lowest BCUT2D eigenvalue weighted by molar-refractivity contribution is -0.138. The van der Waals surface area contributed by atoms with E-state index in [0.717, 1.165) is 11.1 Å². The SMILES string of the molecule is Cc1ccc2c(c1)[C@@](O)(CC(=O)/C=C\c1ccccc1)C(=O)N2. The molecule has 0 aliphatic carbocycles. The van der Waals surface area contributed by atoms with E-state index in [0.29, 0.717) is 11.3 Å². The second kappa shape index (κ2) is 5.82. The van der Waals surface area contributed by atoms with Crippen molar-refractivity contribution in [2.75, 3.05) is 5.32 Å². The Morgan fingerprint density at radius 2 is 1.96 bits per heavy atom. The van der Waals surface area contributed by atoms with Crippen LogP contribution in [0.3, 0.4) is 0 Å². The highest BCUT2D eigenvalue weighted by atomic mass is 16.3. The Kier molecular flexibility index (Phi) is 3.84. The van der Waals surface area contributed by atoms with E-state index in [4.69, 9.17) is 0 Å². The van der Waals surface area contributed by atoms with E-state index >= 15 is 0 Å². The molecule has 0 bridgehead atoms. The van der Waals surface area contributed by atoms with Crippen LogP contribution >= 0.6 is 0 Å². The summed E-state index contributed by atoms with van der Waals surface area (Å²) in [5.74, 6) is -0.861. The predicted octanol–water partition coefficient (Wildman–Crippen LogP) is 2.81. The first-order valence-corrected chi connectivity index (χ1v) is 7.40. The van der Waals surface area contributed by atoms with Crippen LogP contribution in [0, 0.1) is 6.92 Å². The van der Waals surface area contributed by atoms with Gasteiger partial charge in [-0.15, -0.1) is 0 Å². The molecule has 2 aromatic carbocycles. The van der Waals surface area contributed by atoms with E-state index in [9.17, 15) is 14.7 Å². The van der Waals surface area contributed by atoms with E-state index < -0.39 is 11.5 Å². The lowest BCUT2D eigenvalue weighted by atomic mass is 9.89. The normalized spacial score (nSPS) is 19.7. The van der Waals surface area contributed by atoms with E-state index in [1.165, 1.54) is 6.08 Å². The minimum atomic E-state index is -1.81. The molecular weight excluding hydrogens is 290 g/mol. The van der Waals surface area contributed by atoms with Crippen molar-refractivity contribution in [2.45, 2.75) is 18.9 Å². The molecule has 0 radical (unpaired) electrons.